The molecule has 0 bridgehead atoms. The van der Waals surface area contributed by atoms with Crippen LogP contribution in [0.15, 0.2) is 45.5 Å². The smallest absolute Gasteiger partial charge is 0.125 e. The molecule has 3 heteroatoms. The van der Waals surface area contributed by atoms with Crippen LogP contribution in [0.3, 0.4) is 0 Å². The van der Waals surface area contributed by atoms with Gasteiger partial charge in [-0.15, -0.1) is 0 Å². The van der Waals surface area contributed by atoms with E-state index in [0.29, 0.717) is 0 Å². The van der Waals surface area contributed by atoms with Gasteiger partial charge in [0.05, 0.1) is 12.3 Å². The van der Waals surface area contributed by atoms with Gasteiger partial charge in [-0.2, -0.15) is 0 Å². The highest BCUT2D eigenvalue weighted by atomic mass is 79.9. The molecule has 0 fully saturated rings. The molecule has 0 aliphatic carbocycles. The van der Waals surface area contributed by atoms with Crippen molar-refractivity contribution in [1.82, 2.24) is 5.32 Å². The first kappa shape index (κ1) is 11.4. The molecule has 0 amide bonds. The van der Waals surface area contributed by atoms with Crippen LogP contribution in [0, 0.1) is 6.92 Å². The van der Waals surface area contributed by atoms with Gasteiger partial charge in [0.25, 0.3) is 0 Å². The Morgan fingerprint density at radius 2 is 2.06 bits per heavy atom. The molecule has 1 atom stereocenters. The van der Waals surface area contributed by atoms with Crippen molar-refractivity contribution >= 4 is 15.9 Å². The molecule has 0 aliphatic rings. The largest absolute Gasteiger partial charge is 0.467 e. The fourth-order valence-electron chi connectivity index (χ4n) is 1.84. The average molecular weight is 280 g/mol. The van der Waals surface area contributed by atoms with Crippen molar-refractivity contribution in [3.8, 4) is 0 Å². The van der Waals surface area contributed by atoms with E-state index in [1.165, 1.54) is 11.1 Å². The Kier molecular flexibility index (Phi) is 3.46. The Hall–Kier alpha value is -1.06. The van der Waals surface area contributed by atoms with Crippen LogP contribution < -0.4 is 5.32 Å². The summed E-state index contributed by atoms with van der Waals surface area (Å²) in [6, 6.07) is 10.2. The minimum atomic E-state index is 0.104. The zero-order chi connectivity index (χ0) is 11.5. The van der Waals surface area contributed by atoms with Crippen LogP contribution in [-0.4, -0.2) is 7.05 Å². The molecule has 1 aromatic carbocycles. The second-order valence-electron chi connectivity index (χ2n) is 3.69. The third-order valence-electron chi connectivity index (χ3n) is 2.74. The van der Waals surface area contributed by atoms with Crippen molar-refractivity contribution in [2.75, 3.05) is 7.05 Å². The van der Waals surface area contributed by atoms with E-state index in [1.54, 1.807) is 6.26 Å². The molecule has 2 rings (SSSR count). The summed E-state index contributed by atoms with van der Waals surface area (Å²) in [5.41, 5.74) is 2.46. The van der Waals surface area contributed by atoms with Crippen LogP contribution >= 0.6 is 15.9 Å². The fourth-order valence-corrected chi connectivity index (χ4v) is 2.22. The van der Waals surface area contributed by atoms with Gasteiger partial charge in [-0.05, 0) is 43.3 Å². The lowest BCUT2D eigenvalue weighted by Crippen LogP contribution is -2.18. The Morgan fingerprint density at radius 1 is 1.25 bits per heavy atom. The molecule has 1 aromatic heterocycles. The summed E-state index contributed by atoms with van der Waals surface area (Å²) in [5, 5.41) is 3.27. The molecule has 1 N–H and O–H groups in total. The van der Waals surface area contributed by atoms with Crippen LogP contribution in [0.1, 0.15) is 22.9 Å². The predicted octanol–water partition coefficient (Wildman–Crippen LogP) is 3.66. The lowest BCUT2D eigenvalue weighted by molar-refractivity contribution is 0.462. The molecule has 2 nitrogen and oxygen atoms in total. The van der Waals surface area contributed by atoms with Crippen molar-refractivity contribution < 1.29 is 4.42 Å². The molecule has 0 saturated heterocycles. The SMILES string of the molecule is CNC(c1ccco1)c1cccc(Br)c1C. The highest BCUT2D eigenvalue weighted by Gasteiger charge is 2.17. The standard InChI is InChI=1S/C13H14BrNO/c1-9-10(5-3-6-11(9)14)13(15-2)12-7-4-8-16-12/h3-8,13,15H,1-2H3. The average Bonchev–Trinajstić information content (AvgIpc) is 2.79. The molecule has 1 heterocycles. The number of halogens is 1. The second kappa shape index (κ2) is 4.85. The summed E-state index contributed by atoms with van der Waals surface area (Å²) in [6.45, 7) is 2.10. The molecule has 1 unspecified atom stereocenters. The third-order valence-corrected chi connectivity index (χ3v) is 3.60. The predicted molar refractivity (Wildman–Crippen MR) is 68.5 cm³/mol. The quantitative estimate of drug-likeness (QED) is 0.928. The highest BCUT2D eigenvalue weighted by Crippen LogP contribution is 2.28. The fraction of sp³-hybridized carbons (Fsp3) is 0.231. The summed E-state index contributed by atoms with van der Waals surface area (Å²) in [4.78, 5) is 0. The molecule has 84 valence electrons. The van der Waals surface area contributed by atoms with Gasteiger partial charge in [-0.25, -0.2) is 0 Å². The maximum atomic E-state index is 5.46. The van der Waals surface area contributed by atoms with E-state index in [2.05, 4.69) is 34.2 Å². The van der Waals surface area contributed by atoms with E-state index >= 15 is 0 Å². The van der Waals surface area contributed by atoms with Gasteiger partial charge in [-0.1, -0.05) is 28.1 Å². The monoisotopic (exact) mass is 279 g/mol. The molecule has 16 heavy (non-hydrogen) atoms. The molecule has 0 spiro atoms. The lowest BCUT2D eigenvalue weighted by atomic mass is 10.00. The molecule has 0 aliphatic heterocycles. The van der Waals surface area contributed by atoms with Gasteiger partial charge in [0.1, 0.15) is 5.76 Å². The van der Waals surface area contributed by atoms with Crippen molar-refractivity contribution in [1.29, 1.82) is 0 Å². The zero-order valence-electron chi connectivity index (χ0n) is 9.33. The van der Waals surface area contributed by atoms with Crippen molar-refractivity contribution in [2.45, 2.75) is 13.0 Å². The van der Waals surface area contributed by atoms with Crippen molar-refractivity contribution in [3.63, 3.8) is 0 Å². The lowest BCUT2D eigenvalue weighted by Gasteiger charge is -2.17. The summed E-state index contributed by atoms with van der Waals surface area (Å²) in [7, 11) is 1.94. The molecule has 0 saturated carbocycles. The Morgan fingerprint density at radius 3 is 2.69 bits per heavy atom. The molecule has 2 aromatic rings. The first-order chi connectivity index (χ1) is 7.74. The molecule has 0 radical (unpaired) electrons. The summed E-state index contributed by atoms with van der Waals surface area (Å²) >= 11 is 3.55. The maximum absolute atomic E-state index is 5.46. The Balaban J connectivity index is 2.45. The van der Waals surface area contributed by atoms with Crippen LogP contribution in [0.4, 0.5) is 0 Å². The third kappa shape index (κ3) is 2.06. The second-order valence-corrected chi connectivity index (χ2v) is 4.55. The van der Waals surface area contributed by atoms with E-state index < -0.39 is 0 Å². The van der Waals surface area contributed by atoms with E-state index in [9.17, 15) is 0 Å². The van der Waals surface area contributed by atoms with Gasteiger partial charge >= 0.3 is 0 Å². The van der Waals surface area contributed by atoms with Crippen LogP contribution in [0.25, 0.3) is 0 Å². The van der Waals surface area contributed by atoms with Crippen LogP contribution in [0.5, 0.6) is 0 Å². The van der Waals surface area contributed by atoms with E-state index in [4.69, 9.17) is 4.42 Å². The number of hydrogen-bond acceptors (Lipinski definition) is 2. The van der Waals surface area contributed by atoms with Crippen LogP contribution in [0.2, 0.25) is 0 Å². The van der Waals surface area contributed by atoms with E-state index in [1.807, 2.05) is 31.3 Å². The first-order valence-electron chi connectivity index (χ1n) is 5.19. The van der Waals surface area contributed by atoms with E-state index in [0.717, 1.165) is 10.2 Å². The number of rotatable bonds is 3. The molecular formula is C13H14BrNO. The van der Waals surface area contributed by atoms with E-state index in [-0.39, 0.29) is 6.04 Å². The van der Waals surface area contributed by atoms with Gasteiger partial charge in [0, 0.05) is 4.47 Å². The minimum Gasteiger partial charge on any atom is -0.467 e. The summed E-state index contributed by atoms with van der Waals surface area (Å²) in [6.07, 6.45) is 1.70. The highest BCUT2D eigenvalue weighted by molar-refractivity contribution is 9.10. The minimum absolute atomic E-state index is 0.104. The van der Waals surface area contributed by atoms with Crippen molar-refractivity contribution in [2.24, 2.45) is 0 Å². The summed E-state index contributed by atoms with van der Waals surface area (Å²) < 4.78 is 6.58. The Labute approximate surface area is 104 Å². The topological polar surface area (TPSA) is 25.2 Å². The number of benzene rings is 1. The first-order valence-corrected chi connectivity index (χ1v) is 5.99. The van der Waals surface area contributed by atoms with Crippen LogP contribution in [-0.2, 0) is 0 Å². The van der Waals surface area contributed by atoms with Gasteiger partial charge in [-0.3, -0.25) is 0 Å². The molecular weight excluding hydrogens is 266 g/mol. The maximum Gasteiger partial charge on any atom is 0.125 e. The number of nitrogens with one attached hydrogen (secondary N) is 1. The normalized spacial score (nSPS) is 12.7. The van der Waals surface area contributed by atoms with Crippen molar-refractivity contribution in [3.05, 3.63) is 58.0 Å². The number of hydrogen-bond donors (Lipinski definition) is 1. The number of furan rings is 1. The zero-order valence-corrected chi connectivity index (χ0v) is 10.9. The van der Waals surface area contributed by atoms with Gasteiger partial charge in [0.2, 0.25) is 0 Å². The Bertz CT molecular complexity index is 465. The summed E-state index contributed by atoms with van der Waals surface area (Å²) in [5.74, 6) is 0.934. The van der Waals surface area contributed by atoms with Gasteiger partial charge < -0.3 is 9.73 Å². The van der Waals surface area contributed by atoms with Gasteiger partial charge in [0.15, 0.2) is 0 Å².